The second-order valence-corrected chi connectivity index (χ2v) is 15.7. The van der Waals surface area contributed by atoms with Gasteiger partial charge in [0.15, 0.2) is 40.5 Å². The maximum atomic E-state index is 16.8. The van der Waals surface area contributed by atoms with E-state index in [1.807, 2.05) is 0 Å². The van der Waals surface area contributed by atoms with Gasteiger partial charge in [-0.15, -0.1) is 5.10 Å². The molecule has 25 heteroatoms. The number of nitrogens with one attached hydrogen (secondary N) is 1. The SMILES string of the molecule is Nc1nc2c(ncn2[C@@H]2OC3COP(=O)(S)O[C@@H]4[C@@H](COP(=O)(S)O[C@H]2C3)OC[C@]4(F)n2nnc3c(N)ncnc32)c(=O)[nH]1. The van der Waals surface area contributed by atoms with Gasteiger partial charge in [0.2, 0.25) is 5.95 Å². The molecule has 5 N–H and O–H groups in total. The van der Waals surface area contributed by atoms with Crippen molar-refractivity contribution >= 4 is 72.2 Å². The van der Waals surface area contributed by atoms with E-state index in [0.717, 1.165) is 11.0 Å². The zero-order valence-corrected chi connectivity index (χ0v) is 25.5. The van der Waals surface area contributed by atoms with E-state index in [4.69, 9.17) is 39.0 Å². The molecule has 7 heterocycles. The molecular weight excluding hydrogens is 671 g/mol. The highest BCUT2D eigenvalue weighted by molar-refractivity contribution is 8.44. The van der Waals surface area contributed by atoms with Crippen LogP contribution < -0.4 is 17.0 Å². The van der Waals surface area contributed by atoms with Crippen molar-refractivity contribution in [3.8, 4) is 0 Å². The number of imidazole rings is 1. The molecule has 7 rings (SSSR count). The highest BCUT2D eigenvalue weighted by Gasteiger charge is 2.58. The minimum atomic E-state index is -4.37. The monoisotopic (exact) mass is 693 g/mol. The van der Waals surface area contributed by atoms with Crippen molar-refractivity contribution in [3.05, 3.63) is 23.0 Å². The number of aromatic nitrogens is 9. The van der Waals surface area contributed by atoms with Crippen molar-refractivity contribution < 1.29 is 41.1 Å². The molecule has 0 aliphatic carbocycles. The number of thiol groups is 2. The van der Waals surface area contributed by atoms with Crippen LogP contribution in [-0.4, -0.2) is 88.7 Å². The number of hydrogen-bond acceptors (Lipinski definition) is 17. The Morgan fingerprint density at radius 3 is 2.64 bits per heavy atom. The molecule has 0 radical (unpaired) electrons. The van der Waals surface area contributed by atoms with E-state index in [-0.39, 0.29) is 40.5 Å². The molecule has 4 aromatic heterocycles. The molecule has 3 fully saturated rings. The Morgan fingerprint density at radius 2 is 1.82 bits per heavy atom. The van der Waals surface area contributed by atoms with Gasteiger partial charge in [-0.3, -0.25) is 32.4 Å². The van der Waals surface area contributed by atoms with Crippen LogP contribution in [0.2, 0.25) is 0 Å². The summed E-state index contributed by atoms with van der Waals surface area (Å²) in [6, 6.07) is 0. The van der Waals surface area contributed by atoms with Crippen LogP contribution in [0.15, 0.2) is 17.4 Å². The van der Waals surface area contributed by atoms with Gasteiger partial charge in [0.1, 0.15) is 25.1 Å². The van der Waals surface area contributed by atoms with E-state index in [1.165, 1.54) is 10.9 Å². The van der Waals surface area contributed by atoms with Gasteiger partial charge in [-0.2, -0.15) is 9.67 Å². The summed E-state index contributed by atoms with van der Waals surface area (Å²) < 4.78 is 79.9. The summed E-state index contributed by atoms with van der Waals surface area (Å²) in [5, 5.41) is 7.65. The summed E-state index contributed by atoms with van der Waals surface area (Å²) in [7, 11) is 0. The van der Waals surface area contributed by atoms with Crippen molar-refractivity contribution in [2.24, 2.45) is 0 Å². The number of rotatable bonds is 2. The zero-order chi connectivity index (χ0) is 31.0. The lowest BCUT2D eigenvalue weighted by molar-refractivity contribution is -0.0597. The zero-order valence-electron chi connectivity index (χ0n) is 21.9. The Balaban J connectivity index is 1.21. The van der Waals surface area contributed by atoms with Crippen LogP contribution in [0, 0.1) is 0 Å². The molecular formula is C19H22FN11O9P2S2. The van der Waals surface area contributed by atoms with Crippen molar-refractivity contribution in [1.82, 2.24) is 44.5 Å². The first-order chi connectivity index (χ1) is 20.8. The number of ether oxygens (including phenoxy) is 2. The van der Waals surface area contributed by atoms with Gasteiger partial charge < -0.3 is 20.9 Å². The number of fused-ring (bicyclic) bond motifs is 5. The van der Waals surface area contributed by atoms with Crippen molar-refractivity contribution in [1.29, 1.82) is 0 Å². The molecule has 44 heavy (non-hydrogen) atoms. The third kappa shape index (κ3) is 5.19. The predicted molar refractivity (Wildman–Crippen MR) is 152 cm³/mol. The normalized spacial score (nSPS) is 36.6. The van der Waals surface area contributed by atoms with Gasteiger partial charge in [-0.25, -0.2) is 28.5 Å². The number of alkyl halides is 1. The van der Waals surface area contributed by atoms with E-state index >= 15 is 4.39 Å². The number of nitrogens with two attached hydrogens (primary N) is 2. The first kappa shape index (κ1) is 30.0. The molecule has 0 aromatic carbocycles. The number of halogens is 1. The molecule has 236 valence electrons. The molecule has 3 saturated heterocycles. The lowest BCUT2D eigenvalue weighted by atomic mass is 10.1. The summed E-state index contributed by atoms with van der Waals surface area (Å²) in [6.45, 7) is -10.3. The van der Waals surface area contributed by atoms with E-state index in [1.54, 1.807) is 0 Å². The van der Waals surface area contributed by atoms with Crippen LogP contribution >= 0.6 is 38.1 Å². The number of aromatic amines is 1. The maximum absolute atomic E-state index is 16.8. The van der Waals surface area contributed by atoms with Crippen molar-refractivity contribution in [2.75, 3.05) is 31.3 Å². The topological polar surface area (TPSA) is 262 Å². The summed E-state index contributed by atoms with van der Waals surface area (Å²) in [4.78, 5) is 30.6. The van der Waals surface area contributed by atoms with Crippen LogP contribution in [0.1, 0.15) is 12.6 Å². The van der Waals surface area contributed by atoms with E-state index in [2.05, 4.69) is 59.7 Å². The van der Waals surface area contributed by atoms with E-state index in [9.17, 15) is 13.9 Å². The average molecular weight is 694 g/mol. The van der Waals surface area contributed by atoms with Gasteiger partial charge in [-0.1, -0.05) is 29.7 Å². The lowest BCUT2D eigenvalue weighted by Crippen LogP contribution is -2.45. The van der Waals surface area contributed by atoms with Gasteiger partial charge >= 0.3 is 13.6 Å². The lowest BCUT2D eigenvalue weighted by Gasteiger charge is -2.30. The minimum Gasteiger partial charge on any atom is -0.382 e. The molecule has 0 spiro atoms. The van der Waals surface area contributed by atoms with Gasteiger partial charge in [0, 0.05) is 6.42 Å². The van der Waals surface area contributed by atoms with E-state index < -0.39 is 75.4 Å². The van der Waals surface area contributed by atoms with Crippen LogP contribution in [0.3, 0.4) is 0 Å². The second kappa shape index (κ2) is 10.7. The highest BCUT2D eigenvalue weighted by Crippen LogP contribution is 2.60. The van der Waals surface area contributed by atoms with E-state index in [0.29, 0.717) is 0 Å². The molecule has 0 saturated carbocycles. The summed E-state index contributed by atoms with van der Waals surface area (Å²) in [5.41, 5.74) is 10.9. The number of anilines is 2. The summed E-state index contributed by atoms with van der Waals surface area (Å²) in [6.07, 6.45) is -3.76. The molecule has 3 unspecified atom stereocenters. The largest absolute Gasteiger partial charge is 0.386 e. The Kier molecular flexibility index (Phi) is 7.27. The highest BCUT2D eigenvalue weighted by atomic mass is 32.7. The predicted octanol–water partition coefficient (Wildman–Crippen LogP) is 0.720. The van der Waals surface area contributed by atoms with Crippen LogP contribution in [0.5, 0.6) is 0 Å². The quantitative estimate of drug-likeness (QED) is 0.143. The fourth-order valence-corrected chi connectivity index (χ4v) is 8.17. The Morgan fingerprint density at radius 1 is 1.05 bits per heavy atom. The Labute approximate surface area is 254 Å². The van der Waals surface area contributed by atoms with Crippen molar-refractivity contribution in [3.63, 3.8) is 0 Å². The second-order valence-electron chi connectivity index (χ2n) is 9.96. The molecule has 0 amide bonds. The average Bonchev–Trinajstić information content (AvgIpc) is 3.72. The van der Waals surface area contributed by atoms with Gasteiger partial charge in [0.05, 0.1) is 25.6 Å². The Bertz CT molecular complexity index is 1930. The number of nitrogens with zero attached hydrogens (tertiary/aromatic N) is 8. The van der Waals surface area contributed by atoms with Crippen molar-refractivity contribution in [2.45, 2.75) is 42.9 Å². The smallest absolute Gasteiger partial charge is 0.382 e. The van der Waals surface area contributed by atoms with Gasteiger partial charge in [-0.05, 0) is 0 Å². The molecule has 4 aromatic rings. The van der Waals surface area contributed by atoms with Crippen LogP contribution in [-0.2, 0) is 42.5 Å². The maximum Gasteiger partial charge on any atom is 0.386 e. The first-order valence-electron chi connectivity index (χ1n) is 12.7. The third-order valence-electron chi connectivity index (χ3n) is 7.10. The summed E-state index contributed by atoms with van der Waals surface area (Å²) in [5.74, 6) is -2.93. The molecule has 3 aliphatic heterocycles. The number of hydrogen-bond donors (Lipinski definition) is 5. The fourth-order valence-electron chi connectivity index (χ4n) is 5.17. The standard InChI is InChI=1S/C19H22FN11O9P2S2/c20-19(31-14-10(28-29-31)13(21)23-5-24-14)4-35-9-3-37-41(33,43)39-8-1-7(2-36-42(34,44)40-12(9)19)38-17(8)30-6-25-11-15(30)26-18(22)27-16(11)32/h5-9,12,17H,1-4H2,(H,33,43)(H,34,44)(H2,21,23,24)(H3,22,26,27,32)/t7?,8-,9+,12+,17+,19-,41?,42?/m0/s1. The number of H-pyrrole nitrogens is 1. The first-order valence-corrected chi connectivity index (χ1v) is 18.0. The minimum absolute atomic E-state index is 0.00308. The molecule has 2 bridgehead atoms. The molecule has 8 atom stereocenters. The number of nitrogen functional groups attached to an aromatic ring is 2. The third-order valence-corrected chi connectivity index (χ3v) is 10.3. The van der Waals surface area contributed by atoms with Crippen LogP contribution in [0.25, 0.3) is 22.3 Å². The molecule has 20 nitrogen and oxygen atoms in total. The van der Waals surface area contributed by atoms with Gasteiger partial charge in [0.25, 0.3) is 11.4 Å². The fraction of sp³-hybridized carbons (Fsp3) is 0.526. The Hall–Kier alpha value is -2.72. The summed E-state index contributed by atoms with van der Waals surface area (Å²) >= 11 is 8.16. The molecule has 3 aliphatic rings. The van der Waals surface area contributed by atoms with Crippen LogP contribution in [0.4, 0.5) is 16.2 Å².